The van der Waals surface area contributed by atoms with Crippen molar-refractivity contribution in [2.75, 3.05) is 39.6 Å². The molecular weight excluding hydrogens is 1100 g/mol. The molecule has 0 fully saturated rings. The zero-order chi connectivity index (χ0) is 61.5. The van der Waals surface area contributed by atoms with Gasteiger partial charge >= 0.3 is 39.5 Å². The van der Waals surface area contributed by atoms with E-state index in [2.05, 4.69) is 41.5 Å². The molecule has 492 valence electrons. The van der Waals surface area contributed by atoms with Gasteiger partial charge in [0.15, 0.2) is 12.2 Å². The molecule has 0 bridgehead atoms. The van der Waals surface area contributed by atoms with Gasteiger partial charge < -0.3 is 33.8 Å². The third-order valence-electron chi connectivity index (χ3n) is 14.7. The van der Waals surface area contributed by atoms with Crippen LogP contribution in [0.25, 0.3) is 0 Å². The Labute approximate surface area is 505 Å². The van der Waals surface area contributed by atoms with Crippen molar-refractivity contribution in [3.05, 3.63) is 0 Å². The highest BCUT2D eigenvalue weighted by atomic mass is 31.2. The summed E-state index contributed by atoms with van der Waals surface area (Å²) in [7, 11) is -9.88. The van der Waals surface area contributed by atoms with Crippen molar-refractivity contribution in [1.29, 1.82) is 0 Å². The van der Waals surface area contributed by atoms with Gasteiger partial charge in [-0.05, 0) is 37.5 Å². The van der Waals surface area contributed by atoms with Gasteiger partial charge in [-0.1, -0.05) is 266 Å². The Morgan fingerprint density at radius 1 is 0.325 bits per heavy atom. The Balaban J connectivity index is 5.18. The average molecular weight is 1230 g/mol. The molecule has 0 aromatic heterocycles. The lowest BCUT2D eigenvalue weighted by Gasteiger charge is -2.21. The summed E-state index contributed by atoms with van der Waals surface area (Å²) >= 11 is 0. The molecule has 0 rings (SSSR count). The molecule has 0 aliphatic carbocycles. The first kappa shape index (κ1) is 81.1. The fourth-order valence-corrected chi connectivity index (χ4v) is 11.1. The second-order valence-electron chi connectivity index (χ2n) is 24.1. The van der Waals surface area contributed by atoms with Crippen LogP contribution < -0.4 is 0 Å². The zero-order valence-electron chi connectivity index (χ0n) is 53.5. The van der Waals surface area contributed by atoms with E-state index in [1.54, 1.807) is 0 Å². The van der Waals surface area contributed by atoms with Crippen LogP contribution in [0.1, 0.15) is 318 Å². The molecule has 3 N–H and O–H groups in total. The number of aliphatic hydroxyl groups is 1. The van der Waals surface area contributed by atoms with Gasteiger partial charge in [0.25, 0.3) is 0 Å². The zero-order valence-corrected chi connectivity index (χ0v) is 55.3. The number of hydrogen-bond acceptors (Lipinski definition) is 15. The Bertz CT molecular complexity index is 1630. The van der Waals surface area contributed by atoms with Crippen LogP contribution in [-0.2, 0) is 65.4 Å². The molecule has 2 unspecified atom stereocenters. The molecule has 0 saturated heterocycles. The second kappa shape index (κ2) is 56.6. The van der Waals surface area contributed by atoms with Crippen LogP contribution in [0, 0.1) is 11.8 Å². The van der Waals surface area contributed by atoms with Crippen LogP contribution in [0.5, 0.6) is 0 Å². The van der Waals surface area contributed by atoms with E-state index in [0.29, 0.717) is 31.6 Å². The number of phosphoric ester groups is 2. The van der Waals surface area contributed by atoms with Crippen LogP contribution in [0.15, 0.2) is 0 Å². The van der Waals surface area contributed by atoms with Crippen LogP contribution >= 0.6 is 15.6 Å². The van der Waals surface area contributed by atoms with Gasteiger partial charge in [0.2, 0.25) is 0 Å². The van der Waals surface area contributed by atoms with Gasteiger partial charge in [-0.3, -0.25) is 37.3 Å². The monoisotopic (exact) mass is 1230 g/mol. The number of unbranched alkanes of at least 4 members (excludes halogenated alkanes) is 33. The molecule has 0 saturated carbocycles. The number of rotatable bonds is 63. The molecule has 5 atom stereocenters. The van der Waals surface area contributed by atoms with Gasteiger partial charge in [0.05, 0.1) is 26.4 Å². The lowest BCUT2D eigenvalue weighted by atomic mass is 10.0. The van der Waals surface area contributed by atoms with Crippen molar-refractivity contribution in [3.8, 4) is 0 Å². The van der Waals surface area contributed by atoms with E-state index in [1.807, 2.05) is 0 Å². The molecule has 0 aliphatic rings. The molecule has 19 heteroatoms. The largest absolute Gasteiger partial charge is 0.472 e. The van der Waals surface area contributed by atoms with E-state index in [0.717, 1.165) is 102 Å². The summed E-state index contributed by atoms with van der Waals surface area (Å²) in [5.41, 5.74) is 0. The quantitative estimate of drug-likeness (QED) is 0.0222. The van der Waals surface area contributed by atoms with Crippen molar-refractivity contribution in [3.63, 3.8) is 0 Å². The number of ether oxygens (including phenoxy) is 4. The van der Waals surface area contributed by atoms with Gasteiger partial charge in [-0.2, -0.15) is 0 Å². The predicted octanol–water partition coefficient (Wildman–Crippen LogP) is 17.7. The normalized spacial score (nSPS) is 14.3. The summed E-state index contributed by atoms with van der Waals surface area (Å²) in [6.45, 7) is 9.36. The third-order valence-corrected chi connectivity index (χ3v) is 16.6. The first-order chi connectivity index (χ1) is 39.9. The molecule has 0 aromatic rings. The molecule has 0 heterocycles. The predicted molar refractivity (Wildman–Crippen MR) is 331 cm³/mol. The van der Waals surface area contributed by atoms with E-state index in [1.165, 1.54) is 128 Å². The number of esters is 4. The topological polar surface area (TPSA) is 237 Å². The lowest BCUT2D eigenvalue weighted by Crippen LogP contribution is -2.30. The minimum atomic E-state index is -4.94. The van der Waals surface area contributed by atoms with Crippen molar-refractivity contribution < 1.29 is 80.2 Å². The highest BCUT2D eigenvalue weighted by Gasteiger charge is 2.30. The van der Waals surface area contributed by atoms with Crippen LogP contribution in [0.4, 0.5) is 0 Å². The number of phosphoric acid groups is 2. The smallest absolute Gasteiger partial charge is 0.462 e. The van der Waals surface area contributed by atoms with E-state index < -0.39 is 97.5 Å². The molecule has 83 heavy (non-hydrogen) atoms. The maximum absolute atomic E-state index is 13.0. The first-order valence-electron chi connectivity index (χ1n) is 33.5. The fourth-order valence-electron chi connectivity index (χ4n) is 9.53. The summed E-state index contributed by atoms with van der Waals surface area (Å²) in [6, 6.07) is 0. The van der Waals surface area contributed by atoms with E-state index in [4.69, 9.17) is 37.0 Å². The molecular formula is C64H124O17P2. The Kier molecular flexibility index (Phi) is 55.2. The fraction of sp³-hybridized carbons (Fsp3) is 0.938. The highest BCUT2D eigenvalue weighted by molar-refractivity contribution is 7.47. The van der Waals surface area contributed by atoms with E-state index in [9.17, 15) is 43.2 Å². The highest BCUT2D eigenvalue weighted by Crippen LogP contribution is 2.45. The summed E-state index contributed by atoms with van der Waals surface area (Å²) < 4.78 is 67.8. The third kappa shape index (κ3) is 58.8. The minimum absolute atomic E-state index is 0.102. The minimum Gasteiger partial charge on any atom is -0.462 e. The number of carbonyl (C=O) groups excluding carboxylic acids is 4. The standard InChI is InChI=1S/C64H124O17P2/c1-7-9-11-13-14-15-16-17-21-24-29-35-41-47-62(67)75-53-60(81-63(68)48-42-36-30-25-22-19-18-20-23-27-33-38-44-56(3)4)55-79-83(72,73)77-51-58(65)50-76-82(70,71)78-54-59(52-74-61(66)46-40-32-12-10-8-2)80-64(69)49-43-37-31-26-28-34-39-45-57(5)6/h56-60,65H,7-55H2,1-6H3,(H,70,71)(H,72,73)/t58-,59+,60+/m0/s1. The van der Waals surface area contributed by atoms with Gasteiger partial charge in [0.1, 0.15) is 19.3 Å². The summed E-state index contributed by atoms with van der Waals surface area (Å²) in [4.78, 5) is 72.0. The maximum atomic E-state index is 13.0. The molecule has 0 spiro atoms. The van der Waals surface area contributed by atoms with Crippen molar-refractivity contribution >= 4 is 39.5 Å². The molecule has 0 aromatic carbocycles. The van der Waals surface area contributed by atoms with Crippen LogP contribution in [0.3, 0.4) is 0 Å². The molecule has 0 amide bonds. The first-order valence-corrected chi connectivity index (χ1v) is 36.5. The summed E-state index contributed by atoms with van der Waals surface area (Å²) in [5.74, 6) is -0.672. The lowest BCUT2D eigenvalue weighted by molar-refractivity contribution is -0.161. The summed E-state index contributed by atoms with van der Waals surface area (Å²) in [5, 5.41) is 10.5. The molecule has 0 radical (unpaired) electrons. The average Bonchev–Trinajstić information content (AvgIpc) is 3.45. The van der Waals surface area contributed by atoms with Gasteiger partial charge in [-0.15, -0.1) is 0 Å². The second-order valence-corrected chi connectivity index (χ2v) is 27.0. The number of aliphatic hydroxyl groups excluding tert-OH is 1. The number of carbonyl (C=O) groups is 4. The van der Waals surface area contributed by atoms with E-state index in [-0.39, 0.29) is 25.7 Å². The Morgan fingerprint density at radius 2 is 0.554 bits per heavy atom. The molecule has 17 nitrogen and oxygen atoms in total. The summed E-state index contributed by atoms with van der Waals surface area (Å²) in [6.07, 6.45) is 39.3. The van der Waals surface area contributed by atoms with Crippen molar-refractivity contribution in [2.24, 2.45) is 11.8 Å². The Morgan fingerprint density at radius 3 is 0.819 bits per heavy atom. The molecule has 0 aliphatic heterocycles. The maximum Gasteiger partial charge on any atom is 0.472 e. The van der Waals surface area contributed by atoms with Crippen LogP contribution in [0.2, 0.25) is 0 Å². The SMILES string of the molecule is CCCCCCCCCCCCCCCC(=O)OC[C@H](COP(=O)(O)OC[C@@H](O)COP(=O)(O)OC[C@@H](COC(=O)CCCCCCC)OC(=O)CCCCCCCCCC(C)C)OC(=O)CCCCCCCCCCCCCCC(C)C. The van der Waals surface area contributed by atoms with Crippen molar-refractivity contribution in [2.45, 2.75) is 336 Å². The van der Waals surface area contributed by atoms with Crippen molar-refractivity contribution in [1.82, 2.24) is 0 Å². The Hall–Kier alpha value is -1.94. The van der Waals surface area contributed by atoms with E-state index >= 15 is 0 Å². The van der Waals surface area contributed by atoms with Gasteiger partial charge in [0, 0.05) is 25.7 Å². The number of hydrogen-bond donors (Lipinski definition) is 3. The van der Waals surface area contributed by atoms with Gasteiger partial charge in [-0.25, -0.2) is 9.13 Å². The van der Waals surface area contributed by atoms with Crippen LogP contribution in [-0.4, -0.2) is 96.7 Å².